The molecule has 2 heteroatoms. The standard InChI is InChI=1S/C11H10FN/c1-8-4-5-9(12)7-10(8)11-3-2-6-13-11/h2-7,13H,1H3. The molecule has 0 aliphatic rings. The fraction of sp³-hybridized carbons (Fsp3) is 0.0909. The summed E-state index contributed by atoms with van der Waals surface area (Å²) in [6.45, 7) is 1.97. The number of H-pyrrole nitrogens is 1. The van der Waals surface area contributed by atoms with E-state index in [1.165, 1.54) is 6.07 Å². The Labute approximate surface area is 76.2 Å². The van der Waals surface area contributed by atoms with Gasteiger partial charge >= 0.3 is 0 Å². The monoisotopic (exact) mass is 175 g/mol. The maximum Gasteiger partial charge on any atom is 0.123 e. The van der Waals surface area contributed by atoms with Crippen molar-refractivity contribution in [3.63, 3.8) is 0 Å². The average Bonchev–Trinajstić information content (AvgIpc) is 2.61. The molecule has 0 aliphatic heterocycles. The van der Waals surface area contributed by atoms with Crippen LogP contribution in [0.5, 0.6) is 0 Å². The molecule has 1 aromatic heterocycles. The lowest BCUT2D eigenvalue weighted by atomic mass is 10.1. The summed E-state index contributed by atoms with van der Waals surface area (Å²) in [5.74, 6) is -0.199. The fourth-order valence-corrected chi connectivity index (χ4v) is 1.38. The van der Waals surface area contributed by atoms with Crippen LogP contribution >= 0.6 is 0 Å². The Hall–Kier alpha value is -1.57. The van der Waals surface area contributed by atoms with E-state index in [9.17, 15) is 4.39 Å². The summed E-state index contributed by atoms with van der Waals surface area (Å²) in [7, 11) is 0. The summed E-state index contributed by atoms with van der Waals surface area (Å²) in [4.78, 5) is 3.05. The number of rotatable bonds is 1. The maximum absolute atomic E-state index is 12.9. The number of halogens is 1. The van der Waals surface area contributed by atoms with Crippen molar-refractivity contribution < 1.29 is 4.39 Å². The minimum Gasteiger partial charge on any atom is -0.361 e. The molecule has 1 aromatic carbocycles. The van der Waals surface area contributed by atoms with Crippen LogP contribution < -0.4 is 0 Å². The van der Waals surface area contributed by atoms with Crippen LogP contribution in [0.25, 0.3) is 11.3 Å². The molecule has 0 fully saturated rings. The van der Waals surface area contributed by atoms with Crippen molar-refractivity contribution in [2.45, 2.75) is 6.92 Å². The first-order valence-corrected chi connectivity index (χ1v) is 4.17. The van der Waals surface area contributed by atoms with Crippen molar-refractivity contribution in [3.05, 3.63) is 47.9 Å². The SMILES string of the molecule is Cc1ccc(F)cc1-c1ccc[nH]1. The maximum atomic E-state index is 12.9. The van der Waals surface area contributed by atoms with Gasteiger partial charge in [-0.15, -0.1) is 0 Å². The highest BCUT2D eigenvalue weighted by Crippen LogP contribution is 2.21. The number of hydrogen-bond acceptors (Lipinski definition) is 0. The molecule has 0 aliphatic carbocycles. The minimum absolute atomic E-state index is 0.199. The lowest BCUT2D eigenvalue weighted by molar-refractivity contribution is 0.628. The van der Waals surface area contributed by atoms with E-state index in [2.05, 4.69) is 4.98 Å². The zero-order chi connectivity index (χ0) is 9.26. The highest BCUT2D eigenvalue weighted by Gasteiger charge is 2.02. The Balaban J connectivity index is 2.57. The molecule has 0 radical (unpaired) electrons. The Bertz CT molecular complexity index is 404. The normalized spacial score (nSPS) is 10.3. The van der Waals surface area contributed by atoms with Gasteiger partial charge in [0.05, 0.1) is 0 Å². The third-order valence-corrected chi connectivity index (χ3v) is 2.09. The third-order valence-electron chi connectivity index (χ3n) is 2.09. The number of hydrogen-bond donors (Lipinski definition) is 1. The van der Waals surface area contributed by atoms with E-state index in [4.69, 9.17) is 0 Å². The summed E-state index contributed by atoms with van der Waals surface area (Å²) in [5.41, 5.74) is 2.95. The third kappa shape index (κ3) is 1.47. The summed E-state index contributed by atoms with van der Waals surface area (Å²) < 4.78 is 12.9. The van der Waals surface area contributed by atoms with Gasteiger partial charge in [-0.2, -0.15) is 0 Å². The van der Waals surface area contributed by atoms with Crippen LogP contribution in [-0.4, -0.2) is 4.98 Å². The largest absolute Gasteiger partial charge is 0.361 e. The van der Waals surface area contributed by atoms with E-state index in [0.717, 1.165) is 16.8 Å². The van der Waals surface area contributed by atoms with Crippen LogP contribution in [0, 0.1) is 12.7 Å². The number of aromatic nitrogens is 1. The number of nitrogens with one attached hydrogen (secondary N) is 1. The van der Waals surface area contributed by atoms with Crippen LogP contribution in [0.15, 0.2) is 36.5 Å². The Morgan fingerprint density at radius 3 is 2.77 bits per heavy atom. The predicted molar refractivity (Wildman–Crippen MR) is 50.9 cm³/mol. The number of benzene rings is 1. The zero-order valence-corrected chi connectivity index (χ0v) is 7.34. The average molecular weight is 175 g/mol. The summed E-state index contributed by atoms with van der Waals surface area (Å²) in [6, 6.07) is 8.63. The van der Waals surface area contributed by atoms with Crippen molar-refractivity contribution in [2.75, 3.05) is 0 Å². The molecule has 1 nitrogen and oxygen atoms in total. The quantitative estimate of drug-likeness (QED) is 0.685. The lowest BCUT2D eigenvalue weighted by Crippen LogP contribution is -1.84. The highest BCUT2D eigenvalue weighted by molar-refractivity contribution is 5.63. The molecule has 2 aromatic rings. The van der Waals surface area contributed by atoms with Crippen molar-refractivity contribution in [1.29, 1.82) is 0 Å². The van der Waals surface area contributed by atoms with E-state index in [1.54, 1.807) is 12.1 Å². The molecule has 0 saturated heterocycles. The van der Waals surface area contributed by atoms with Crippen molar-refractivity contribution in [1.82, 2.24) is 4.98 Å². The van der Waals surface area contributed by atoms with Gasteiger partial charge in [0.2, 0.25) is 0 Å². The Kier molecular flexibility index (Phi) is 1.89. The first-order chi connectivity index (χ1) is 6.27. The summed E-state index contributed by atoms with van der Waals surface area (Å²) in [6.07, 6.45) is 1.83. The van der Waals surface area contributed by atoms with Gasteiger partial charge in [-0.05, 0) is 36.8 Å². The van der Waals surface area contributed by atoms with Gasteiger partial charge in [0.15, 0.2) is 0 Å². The smallest absolute Gasteiger partial charge is 0.123 e. The molecule has 0 spiro atoms. The molecule has 0 saturated carbocycles. The van der Waals surface area contributed by atoms with Crippen molar-refractivity contribution >= 4 is 0 Å². The Morgan fingerprint density at radius 1 is 1.23 bits per heavy atom. The lowest BCUT2D eigenvalue weighted by Gasteiger charge is -2.02. The van der Waals surface area contributed by atoms with Gasteiger partial charge in [0, 0.05) is 17.5 Å². The second-order valence-electron chi connectivity index (χ2n) is 3.04. The molecule has 0 atom stereocenters. The first kappa shape index (κ1) is 8.05. The van der Waals surface area contributed by atoms with Crippen molar-refractivity contribution in [3.8, 4) is 11.3 Å². The molecule has 66 valence electrons. The first-order valence-electron chi connectivity index (χ1n) is 4.17. The van der Waals surface area contributed by atoms with Crippen LogP contribution in [0.1, 0.15) is 5.56 Å². The van der Waals surface area contributed by atoms with Crippen LogP contribution in [0.3, 0.4) is 0 Å². The van der Waals surface area contributed by atoms with Crippen LogP contribution in [-0.2, 0) is 0 Å². The van der Waals surface area contributed by atoms with Crippen LogP contribution in [0.2, 0.25) is 0 Å². The highest BCUT2D eigenvalue weighted by atomic mass is 19.1. The predicted octanol–water partition coefficient (Wildman–Crippen LogP) is 3.13. The minimum atomic E-state index is -0.199. The van der Waals surface area contributed by atoms with E-state index < -0.39 is 0 Å². The molecular formula is C11H10FN. The molecule has 0 bridgehead atoms. The van der Waals surface area contributed by atoms with Crippen LogP contribution in [0.4, 0.5) is 4.39 Å². The number of aromatic amines is 1. The molecule has 2 rings (SSSR count). The Morgan fingerprint density at radius 2 is 2.08 bits per heavy atom. The molecule has 1 N–H and O–H groups in total. The zero-order valence-electron chi connectivity index (χ0n) is 7.34. The molecule has 1 heterocycles. The molecule has 13 heavy (non-hydrogen) atoms. The van der Waals surface area contributed by atoms with Crippen molar-refractivity contribution in [2.24, 2.45) is 0 Å². The molecule has 0 unspecified atom stereocenters. The van der Waals surface area contributed by atoms with Gasteiger partial charge in [-0.3, -0.25) is 0 Å². The molecule has 0 amide bonds. The van der Waals surface area contributed by atoms with E-state index >= 15 is 0 Å². The van der Waals surface area contributed by atoms with Gasteiger partial charge in [-0.25, -0.2) is 4.39 Å². The topological polar surface area (TPSA) is 15.8 Å². The van der Waals surface area contributed by atoms with E-state index in [1.807, 2.05) is 25.3 Å². The summed E-state index contributed by atoms with van der Waals surface area (Å²) >= 11 is 0. The van der Waals surface area contributed by atoms with Gasteiger partial charge in [0.25, 0.3) is 0 Å². The van der Waals surface area contributed by atoms with Gasteiger partial charge in [0.1, 0.15) is 5.82 Å². The number of aryl methyl sites for hydroxylation is 1. The van der Waals surface area contributed by atoms with E-state index in [-0.39, 0.29) is 5.82 Å². The second-order valence-corrected chi connectivity index (χ2v) is 3.04. The fourth-order valence-electron chi connectivity index (χ4n) is 1.38. The molecular weight excluding hydrogens is 165 g/mol. The van der Waals surface area contributed by atoms with E-state index in [0.29, 0.717) is 0 Å². The summed E-state index contributed by atoms with van der Waals surface area (Å²) in [5, 5.41) is 0. The van der Waals surface area contributed by atoms with Gasteiger partial charge in [-0.1, -0.05) is 6.07 Å². The van der Waals surface area contributed by atoms with Gasteiger partial charge < -0.3 is 4.98 Å². The second kappa shape index (κ2) is 3.05.